The molecule has 9 heteroatoms. The third kappa shape index (κ3) is 3.33. The Morgan fingerprint density at radius 3 is 2.68 bits per heavy atom. The quantitative estimate of drug-likeness (QED) is 0.817. The number of rotatable bonds is 4. The first-order valence-corrected chi connectivity index (χ1v) is 8.96. The number of aromatic nitrogens is 3. The third-order valence-corrected chi connectivity index (χ3v) is 5.23. The van der Waals surface area contributed by atoms with Crippen molar-refractivity contribution in [3.8, 4) is 0 Å². The zero-order valence-corrected chi connectivity index (χ0v) is 14.2. The van der Waals surface area contributed by atoms with E-state index in [1.165, 1.54) is 0 Å². The lowest BCUT2D eigenvalue weighted by molar-refractivity contribution is 0.0256. The van der Waals surface area contributed by atoms with Gasteiger partial charge in [-0.2, -0.15) is 0 Å². The first-order valence-electron chi connectivity index (χ1n) is 8.96. The number of carbonyl (C=O) groups is 1. The second-order valence-corrected chi connectivity index (χ2v) is 7.19. The SMILES string of the molecule is O=C(c1nnc(N2CCC(F)(F)C2)n1CC1CCOC1)N1CCCC1. The van der Waals surface area contributed by atoms with E-state index in [0.29, 0.717) is 25.7 Å². The van der Waals surface area contributed by atoms with Crippen LogP contribution in [0.2, 0.25) is 0 Å². The predicted molar refractivity (Wildman–Crippen MR) is 85.9 cm³/mol. The second-order valence-electron chi connectivity index (χ2n) is 7.19. The lowest BCUT2D eigenvalue weighted by Gasteiger charge is -2.21. The normalized spacial score (nSPS) is 25.9. The molecule has 1 atom stereocenters. The molecule has 0 bridgehead atoms. The molecule has 0 N–H and O–H groups in total. The standard InChI is InChI=1S/C16H23F2N5O2/c17-16(18)4-7-22(11-16)15-20-19-13(14(24)21-5-1-2-6-21)23(15)9-12-3-8-25-10-12/h12H,1-11H2. The fourth-order valence-electron chi connectivity index (χ4n) is 3.81. The molecule has 25 heavy (non-hydrogen) atoms. The number of carbonyl (C=O) groups excluding carboxylic acids is 1. The molecule has 0 aromatic carbocycles. The summed E-state index contributed by atoms with van der Waals surface area (Å²) in [4.78, 5) is 16.1. The lowest BCUT2D eigenvalue weighted by atomic mass is 10.1. The average Bonchev–Trinajstić information content (AvgIpc) is 3.34. The van der Waals surface area contributed by atoms with Crippen molar-refractivity contribution < 1.29 is 18.3 Å². The molecule has 1 aromatic rings. The van der Waals surface area contributed by atoms with E-state index in [4.69, 9.17) is 4.74 Å². The van der Waals surface area contributed by atoms with Gasteiger partial charge >= 0.3 is 0 Å². The summed E-state index contributed by atoms with van der Waals surface area (Å²) >= 11 is 0. The van der Waals surface area contributed by atoms with E-state index in [1.54, 1.807) is 14.4 Å². The van der Waals surface area contributed by atoms with Crippen molar-refractivity contribution in [3.63, 3.8) is 0 Å². The van der Waals surface area contributed by atoms with Crippen LogP contribution in [-0.2, 0) is 11.3 Å². The minimum Gasteiger partial charge on any atom is -0.381 e. The summed E-state index contributed by atoms with van der Waals surface area (Å²) < 4.78 is 34.4. The number of hydrogen-bond donors (Lipinski definition) is 0. The third-order valence-electron chi connectivity index (χ3n) is 5.23. The number of amides is 1. The molecule has 1 unspecified atom stereocenters. The maximum absolute atomic E-state index is 13.6. The average molecular weight is 355 g/mol. The first-order chi connectivity index (χ1) is 12.0. The number of likely N-dealkylation sites (tertiary alicyclic amines) is 1. The molecule has 3 saturated heterocycles. The number of hydrogen-bond acceptors (Lipinski definition) is 5. The van der Waals surface area contributed by atoms with Gasteiger partial charge in [0.15, 0.2) is 0 Å². The van der Waals surface area contributed by atoms with Gasteiger partial charge in [0.25, 0.3) is 11.8 Å². The van der Waals surface area contributed by atoms with Crippen molar-refractivity contribution >= 4 is 11.9 Å². The van der Waals surface area contributed by atoms with Crippen LogP contribution >= 0.6 is 0 Å². The van der Waals surface area contributed by atoms with E-state index in [1.807, 2.05) is 0 Å². The van der Waals surface area contributed by atoms with Gasteiger partial charge < -0.3 is 14.5 Å². The van der Waals surface area contributed by atoms with Crippen molar-refractivity contribution in [2.75, 3.05) is 44.3 Å². The molecule has 7 nitrogen and oxygen atoms in total. The van der Waals surface area contributed by atoms with Crippen molar-refractivity contribution in [1.82, 2.24) is 19.7 Å². The monoisotopic (exact) mass is 355 g/mol. The maximum atomic E-state index is 13.6. The topological polar surface area (TPSA) is 63.5 Å². The van der Waals surface area contributed by atoms with Gasteiger partial charge in [-0.15, -0.1) is 10.2 Å². The number of ether oxygens (including phenoxy) is 1. The van der Waals surface area contributed by atoms with Crippen LogP contribution in [0, 0.1) is 5.92 Å². The Labute approximate surface area is 144 Å². The molecule has 3 fully saturated rings. The van der Waals surface area contributed by atoms with E-state index in [-0.39, 0.29) is 37.2 Å². The summed E-state index contributed by atoms with van der Waals surface area (Å²) in [6, 6.07) is 0. The highest BCUT2D eigenvalue weighted by atomic mass is 19.3. The molecule has 3 aliphatic rings. The minimum absolute atomic E-state index is 0.152. The highest BCUT2D eigenvalue weighted by molar-refractivity contribution is 5.91. The minimum atomic E-state index is -2.72. The van der Waals surface area contributed by atoms with E-state index in [9.17, 15) is 13.6 Å². The molecule has 1 amide bonds. The van der Waals surface area contributed by atoms with Gasteiger partial charge in [-0.1, -0.05) is 0 Å². The van der Waals surface area contributed by atoms with Crippen molar-refractivity contribution in [1.29, 1.82) is 0 Å². The molecule has 1 aromatic heterocycles. The van der Waals surface area contributed by atoms with E-state index in [0.717, 1.165) is 32.4 Å². The van der Waals surface area contributed by atoms with Crippen LogP contribution in [0.25, 0.3) is 0 Å². The van der Waals surface area contributed by atoms with Crippen molar-refractivity contribution in [2.45, 2.75) is 38.2 Å². The fraction of sp³-hybridized carbons (Fsp3) is 0.812. The summed E-state index contributed by atoms with van der Waals surface area (Å²) in [6.07, 6.45) is 2.68. The number of alkyl halides is 2. The summed E-state index contributed by atoms with van der Waals surface area (Å²) in [6.45, 7) is 3.13. The van der Waals surface area contributed by atoms with Crippen LogP contribution in [0.5, 0.6) is 0 Å². The Hall–Kier alpha value is -1.77. The molecule has 0 radical (unpaired) electrons. The molecule has 138 valence electrons. The van der Waals surface area contributed by atoms with Gasteiger partial charge in [0.2, 0.25) is 11.8 Å². The molecular weight excluding hydrogens is 332 g/mol. The summed E-state index contributed by atoms with van der Waals surface area (Å²) in [5, 5.41) is 8.20. The molecule has 4 rings (SSSR count). The van der Waals surface area contributed by atoms with Crippen molar-refractivity contribution in [2.24, 2.45) is 5.92 Å². The first kappa shape index (κ1) is 16.7. The lowest BCUT2D eigenvalue weighted by Crippen LogP contribution is -2.33. The molecule has 0 saturated carbocycles. The molecular formula is C16H23F2N5O2. The van der Waals surface area contributed by atoms with Gasteiger partial charge in [0.05, 0.1) is 13.2 Å². The van der Waals surface area contributed by atoms with Gasteiger partial charge in [-0.25, -0.2) is 8.78 Å². The Morgan fingerprint density at radius 1 is 1.24 bits per heavy atom. The summed E-state index contributed by atoms with van der Waals surface area (Å²) in [5.74, 6) is -1.97. The zero-order chi connectivity index (χ0) is 17.4. The highest BCUT2D eigenvalue weighted by Crippen LogP contribution is 2.31. The van der Waals surface area contributed by atoms with Gasteiger partial charge in [0, 0.05) is 45.1 Å². The summed E-state index contributed by atoms with van der Waals surface area (Å²) in [5.41, 5.74) is 0. The smallest absolute Gasteiger partial charge is 0.291 e. The van der Waals surface area contributed by atoms with E-state index >= 15 is 0 Å². The zero-order valence-electron chi connectivity index (χ0n) is 14.2. The molecule has 0 spiro atoms. The van der Waals surface area contributed by atoms with Crippen LogP contribution in [-0.4, -0.2) is 70.9 Å². The number of nitrogens with zero attached hydrogens (tertiary/aromatic N) is 5. The molecule has 4 heterocycles. The molecule has 0 aliphatic carbocycles. The Kier molecular flexibility index (Phi) is 4.35. The van der Waals surface area contributed by atoms with Crippen LogP contribution in [0.1, 0.15) is 36.3 Å². The van der Waals surface area contributed by atoms with Gasteiger partial charge in [0.1, 0.15) is 0 Å². The van der Waals surface area contributed by atoms with Crippen molar-refractivity contribution in [3.05, 3.63) is 5.82 Å². The van der Waals surface area contributed by atoms with Crippen LogP contribution < -0.4 is 4.90 Å². The number of anilines is 1. The van der Waals surface area contributed by atoms with Gasteiger partial charge in [-0.05, 0) is 19.3 Å². The van der Waals surface area contributed by atoms with E-state index in [2.05, 4.69) is 10.2 Å². The number of halogens is 2. The Morgan fingerprint density at radius 2 is 2.04 bits per heavy atom. The molecule has 3 aliphatic heterocycles. The van der Waals surface area contributed by atoms with E-state index < -0.39 is 5.92 Å². The predicted octanol–water partition coefficient (Wildman–Crippen LogP) is 1.40. The Balaban J connectivity index is 1.62. The van der Waals surface area contributed by atoms with Crippen LogP contribution in [0.3, 0.4) is 0 Å². The maximum Gasteiger partial charge on any atom is 0.291 e. The fourth-order valence-corrected chi connectivity index (χ4v) is 3.81. The highest BCUT2D eigenvalue weighted by Gasteiger charge is 2.41. The Bertz CT molecular complexity index is 638. The van der Waals surface area contributed by atoms with Crippen LogP contribution in [0.4, 0.5) is 14.7 Å². The largest absolute Gasteiger partial charge is 0.381 e. The van der Waals surface area contributed by atoms with Crippen LogP contribution in [0.15, 0.2) is 0 Å². The summed E-state index contributed by atoms with van der Waals surface area (Å²) in [7, 11) is 0. The second kappa shape index (κ2) is 6.51. The van der Waals surface area contributed by atoms with Gasteiger partial charge in [-0.3, -0.25) is 9.36 Å².